The predicted molar refractivity (Wildman–Crippen MR) is 55.0 cm³/mol. The molecule has 1 aromatic rings. The standard InChI is InChI=1S/C9H11ClN2O2/c1-2-3-11-8-5-6(9(13)14)4-7(10)12-8/h4-5H,2-3H2,1H3,(H,11,12)(H,13,14). The summed E-state index contributed by atoms with van der Waals surface area (Å²) >= 11 is 5.66. The third-order valence-corrected chi connectivity index (χ3v) is 1.79. The Kier molecular flexibility index (Phi) is 3.71. The Labute approximate surface area is 86.9 Å². The average Bonchev–Trinajstić information content (AvgIpc) is 2.14. The fourth-order valence-corrected chi connectivity index (χ4v) is 1.17. The number of pyridine rings is 1. The number of anilines is 1. The quantitative estimate of drug-likeness (QED) is 0.755. The van der Waals surface area contributed by atoms with Gasteiger partial charge in [-0.3, -0.25) is 0 Å². The van der Waals surface area contributed by atoms with Crippen LogP contribution < -0.4 is 5.32 Å². The monoisotopic (exact) mass is 214 g/mol. The van der Waals surface area contributed by atoms with E-state index in [1.54, 1.807) is 0 Å². The van der Waals surface area contributed by atoms with Crippen molar-refractivity contribution in [3.63, 3.8) is 0 Å². The summed E-state index contributed by atoms with van der Waals surface area (Å²) in [7, 11) is 0. The average molecular weight is 215 g/mol. The predicted octanol–water partition coefficient (Wildman–Crippen LogP) is 2.26. The van der Waals surface area contributed by atoms with Gasteiger partial charge in [-0.2, -0.15) is 0 Å². The van der Waals surface area contributed by atoms with E-state index in [2.05, 4.69) is 10.3 Å². The summed E-state index contributed by atoms with van der Waals surface area (Å²) in [5, 5.41) is 11.9. The van der Waals surface area contributed by atoms with Gasteiger partial charge in [-0.25, -0.2) is 9.78 Å². The van der Waals surface area contributed by atoms with Crippen molar-refractivity contribution < 1.29 is 9.90 Å². The van der Waals surface area contributed by atoms with Crippen molar-refractivity contribution in [2.45, 2.75) is 13.3 Å². The molecule has 0 unspecified atom stereocenters. The molecule has 14 heavy (non-hydrogen) atoms. The second-order valence-corrected chi connectivity index (χ2v) is 3.18. The summed E-state index contributed by atoms with van der Waals surface area (Å²) < 4.78 is 0. The SMILES string of the molecule is CCCNc1cc(C(=O)O)cc(Cl)n1. The molecule has 0 spiro atoms. The van der Waals surface area contributed by atoms with Crippen molar-refractivity contribution in [2.24, 2.45) is 0 Å². The van der Waals surface area contributed by atoms with E-state index < -0.39 is 5.97 Å². The summed E-state index contributed by atoms with van der Waals surface area (Å²) in [5.74, 6) is -0.509. The van der Waals surface area contributed by atoms with E-state index in [1.807, 2.05) is 6.92 Å². The maximum absolute atomic E-state index is 10.7. The molecule has 0 saturated carbocycles. The van der Waals surface area contributed by atoms with Crippen LogP contribution in [0.25, 0.3) is 0 Å². The molecular weight excluding hydrogens is 204 g/mol. The van der Waals surface area contributed by atoms with E-state index in [0.29, 0.717) is 5.82 Å². The lowest BCUT2D eigenvalue weighted by Crippen LogP contribution is -2.04. The minimum absolute atomic E-state index is 0.142. The minimum Gasteiger partial charge on any atom is -0.478 e. The molecule has 0 radical (unpaired) electrons. The molecule has 1 aromatic heterocycles. The zero-order valence-corrected chi connectivity index (χ0v) is 8.51. The Morgan fingerprint density at radius 1 is 1.64 bits per heavy atom. The number of aromatic nitrogens is 1. The fourth-order valence-electron chi connectivity index (χ4n) is 0.964. The van der Waals surface area contributed by atoms with Crippen LogP contribution in [0.3, 0.4) is 0 Å². The third kappa shape index (κ3) is 2.88. The number of nitrogens with one attached hydrogen (secondary N) is 1. The summed E-state index contributed by atoms with van der Waals surface area (Å²) in [4.78, 5) is 14.6. The van der Waals surface area contributed by atoms with Crippen molar-refractivity contribution in [1.29, 1.82) is 0 Å². The van der Waals surface area contributed by atoms with E-state index in [4.69, 9.17) is 16.7 Å². The second-order valence-electron chi connectivity index (χ2n) is 2.80. The number of nitrogens with zero attached hydrogens (tertiary/aromatic N) is 1. The first-order chi connectivity index (χ1) is 6.63. The maximum Gasteiger partial charge on any atom is 0.335 e. The van der Waals surface area contributed by atoms with Crippen LogP contribution in [0.1, 0.15) is 23.7 Å². The molecule has 1 rings (SSSR count). The highest BCUT2D eigenvalue weighted by Gasteiger charge is 2.06. The molecule has 2 N–H and O–H groups in total. The van der Waals surface area contributed by atoms with Crippen molar-refractivity contribution in [3.8, 4) is 0 Å². The normalized spacial score (nSPS) is 9.86. The molecule has 0 fully saturated rings. The maximum atomic E-state index is 10.7. The molecule has 0 aromatic carbocycles. The van der Waals surface area contributed by atoms with Gasteiger partial charge in [-0.05, 0) is 18.6 Å². The molecule has 0 aliphatic heterocycles. The van der Waals surface area contributed by atoms with Gasteiger partial charge in [0.2, 0.25) is 0 Å². The van der Waals surface area contributed by atoms with Crippen LogP contribution in [0.4, 0.5) is 5.82 Å². The largest absolute Gasteiger partial charge is 0.478 e. The zero-order chi connectivity index (χ0) is 10.6. The molecule has 0 atom stereocenters. The lowest BCUT2D eigenvalue weighted by atomic mass is 10.2. The molecule has 5 heteroatoms. The van der Waals surface area contributed by atoms with Crippen molar-refractivity contribution in [1.82, 2.24) is 4.98 Å². The van der Waals surface area contributed by atoms with E-state index in [9.17, 15) is 4.79 Å². The minimum atomic E-state index is -1.01. The molecule has 0 aliphatic carbocycles. The summed E-state index contributed by atoms with van der Waals surface area (Å²) in [6.07, 6.45) is 0.941. The van der Waals surface area contributed by atoms with Gasteiger partial charge in [0.05, 0.1) is 5.56 Å². The van der Waals surface area contributed by atoms with E-state index in [-0.39, 0.29) is 10.7 Å². The number of hydrogen-bond donors (Lipinski definition) is 2. The van der Waals surface area contributed by atoms with Crippen molar-refractivity contribution in [3.05, 3.63) is 22.8 Å². The topological polar surface area (TPSA) is 62.2 Å². The highest BCUT2D eigenvalue weighted by molar-refractivity contribution is 6.29. The number of halogens is 1. The van der Waals surface area contributed by atoms with Gasteiger partial charge in [0.1, 0.15) is 11.0 Å². The Morgan fingerprint density at radius 2 is 2.36 bits per heavy atom. The van der Waals surface area contributed by atoms with Crippen LogP contribution in [0.15, 0.2) is 12.1 Å². The summed E-state index contributed by atoms with van der Waals surface area (Å²) in [6.45, 7) is 2.75. The van der Waals surface area contributed by atoms with Crippen LogP contribution in [-0.2, 0) is 0 Å². The van der Waals surface area contributed by atoms with Gasteiger partial charge in [0.15, 0.2) is 0 Å². The van der Waals surface area contributed by atoms with Gasteiger partial charge in [0.25, 0.3) is 0 Å². The molecule has 0 saturated heterocycles. The Bertz CT molecular complexity index is 342. The molecule has 0 amide bonds. The first-order valence-electron chi connectivity index (χ1n) is 4.28. The van der Waals surface area contributed by atoms with Gasteiger partial charge in [-0.1, -0.05) is 18.5 Å². The van der Waals surface area contributed by atoms with Crippen LogP contribution in [0.2, 0.25) is 5.15 Å². The van der Waals surface area contributed by atoms with Gasteiger partial charge in [0, 0.05) is 6.54 Å². The van der Waals surface area contributed by atoms with Crippen molar-refractivity contribution in [2.75, 3.05) is 11.9 Å². The fraction of sp³-hybridized carbons (Fsp3) is 0.333. The second kappa shape index (κ2) is 4.81. The Morgan fingerprint density at radius 3 is 2.93 bits per heavy atom. The molecule has 1 heterocycles. The molecule has 0 bridgehead atoms. The van der Waals surface area contributed by atoms with Crippen LogP contribution in [-0.4, -0.2) is 22.6 Å². The smallest absolute Gasteiger partial charge is 0.335 e. The number of carboxylic acid groups (broad SMARTS) is 1. The lowest BCUT2D eigenvalue weighted by Gasteiger charge is -2.04. The van der Waals surface area contributed by atoms with Crippen LogP contribution in [0, 0.1) is 0 Å². The van der Waals surface area contributed by atoms with Crippen LogP contribution >= 0.6 is 11.6 Å². The number of carbonyl (C=O) groups is 1. The van der Waals surface area contributed by atoms with E-state index in [1.165, 1.54) is 12.1 Å². The number of carboxylic acids is 1. The number of rotatable bonds is 4. The molecule has 4 nitrogen and oxygen atoms in total. The number of aromatic carboxylic acids is 1. The Hall–Kier alpha value is -1.29. The highest BCUT2D eigenvalue weighted by atomic mass is 35.5. The first kappa shape index (κ1) is 10.8. The summed E-state index contributed by atoms with van der Waals surface area (Å²) in [5.41, 5.74) is 0.142. The molecular formula is C9H11ClN2O2. The highest BCUT2D eigenvalue weighted by Crippen LogP contribution is 2.14. The van der Waals surface area contributed by atoms with Crippen molar-refractivity contribution >= 4 is 23.4 Å². The van der Waals surface area contributed by atoms with E-state index >= 15 is 0 Å². The van der Waals surface area contributed by atoms with Gasteiger partial charge in [-0.15, -0.1) is 0 Å². The zero-order valence-electron chi connectivity index (χ0n) is 7.75. The van der Waals surface area contributed by atoms with Gasteiger partial charge >= 0.3 is 5.97 Å². The molecule has 76 valence electrons. The molecule has 0 aliphatic rings. The summed E-state index contributed by atoms with van der Waals surface area (Å²) in [6, 6.07) is 2.78. The lowest BCUT2D eigenvalue weighted by molar-refractivity contribution is 0.0697. The van der Waals surface area contributed by atoms with Gasteiger partial charge < -0.3 is 10.4 Å². The third-order valence-electron chi connectivity index (χ3n) is 1.60. The van der Waals surface area contributed by atoms with Crippen LogP contribution in [0.5, 0.6) is 0 Å². The first-order valence-corrected chi connectivity index (χ1v) is 4.66. The number of hydrogen-bond acceptors (Lipinski definition) is 3. The Balaban J connectivity index is 2.89. The van der Waals surface area contributed by atoms with E-state index in [0.717, 1.165) is 13.0 Å².